The van der Waals surface area contributed by atoms with E-state index in [2.05, 4.69) is 28.8 Å². The van der Waals surface area contributed by atoms with Gasteiger partial charge in [0.1, 0.15) is 0 Å². The van der Waals surface area contributed by atoms with Gasteiger partial charge in [0.25, 0.3) is 0 Å². The molecule has 0 saturated carbocycles. The van der Waals surface area contributed by atoms with Crippen LogP contribution in [-0.2, 0) is 16.1 Å². The molecule has 0 aliphatic rings. The summed E-state index contributed by atoms with van der Waals surface area (Å²) < 4.78 is 12.0. The molecule has 0 bridgehead atoms. The topological polar surface area (TPSA) is 70.2 Å². The van der Waals surface area contributed by atoms with Gasteiger partial charge >= 0.3 is 5.97 Å². The van der Waals surface area contributed by atoms with E-state index in [1.165, 1.54) is 18.9 Å². The molecular formula is C13H17N3O3S. The normalized spacial score (nSPS) is 11.0. The van der Waals surface area contributed by atoms with Gasteiger partial charge in [-0.1, -0.05) is 25.6 Å². The minimum absolute atomic E-state index is 0.213. The average Bonchev–Trinajstić information content (AvgIpc) is 3.04. The van der Waals surface area contributed by atoms with Crippen LogP contribution in [0.2, 0.25) is 0 Å². The molecule has 0 atom stereocenters. The third kappa shape index (κ3) is 3.41. The van der Waals surface area contributed by atoms with E-state index < -0.39 is 0 Å². The molecule has 0 aromatic carbocycles. The molecule has 0 aliphatic carbocycles. The Hall–Kier alpha value is -1.76. The molecule has 2 heterocycles. The Morgan fingerprint density at radius 2 is 2.30 bits per heavy atom. The van der Waals surface area contributed by atoms with Crippen LogP contribution in [0.5, 0.6) is 0 Å². The highest BCUT2D eigenvalue weighted by atomic mass is 32.2. The number of methoxy groups -OCH3 is 1. The molecule has 108 valence electrons. The van der Waals surface area contributed by atoms with Crippen molar-refractivity contribution in [3.05, 3.63) is 18.4 Å². The fourth-order valence-electron chi connectivity index (χ4n) is 1.70. The van der Waals surface area contributed by atoms with Gasteiger partial charge < -0.3 is 9.15 Å². The smallest absolute Gasteiger partial charge is 0.316 e. The summed E-state index contributed by atoms with van der Waals surface area (Å²) in [7, 11) is 1.37. The summed E-state index contributed by atoms with van der Waals surface area (Å²) in [5.74, 6) is 1.70. The van der Waals surface area contributed by atoms with Crippen LogP contribution < -0.4 is 0 Å². The van der Waals surface area contributed by atoms with Gasteiger partial charge in [0.2, 0.25) is 0 Å². The summed E-state index contributed by atoms with van der Waals surface area (Å²) in [6, 6.07) is 3.65. The number of nitrogens with zero attached hydrogens (tertiary/aromatic N) is 3. The molecule has 0 aliphatic heterocycles. The highest BCUT2D eigenvalue weighted by molar-refractivity contribution is 7.99. The van der Waals surface area contributed by atoms with Crippen LogP contribution in [0, 0.1) is 5.92 Å². The van der Waals surface area contributed by atoms with Crippen molar-refractivity contribution in [3.63, 3.8) is 0 Å². The minimum atomic E-state index is -0.284. The van der Waals surface area contributed by atoms with E-state index >= 15 is 0 Å². The number of esters is 1. The number of thioether (sulfide) groups is 1. The molecule has 0 fully saturated rings. The van der Waals surface area contributed by atoms with Gasteiger partial charge in [0.05, 0.1) is 19.1 Å². The first-order valence-electron chi connectivity index (χ1n) is 6.28. The molecule has 0 saturated heterocycles. The predicted octanol–water partition coefficient (Wildman–Crippen LogP) is 2.46. The standard InChI is InChI=1S/C13H17N3O3S/c1-9(2)7-16-12(10-5-4-6-19-10)14-15-13(16)20-8-11(17)18-3/h4-6,9H,7-8H2,1-3H3. The lowest BCUT2D eigenvalue weighted by atomic mass is 10.2. The zero-order valence-electron chi connectivity index (χ0n) is 11.7. The lowest BCUT2D eigenvalue weighted by molar-refractivity contribution is -0.137. The fraction of sp³-hybridized carbons (Fsp3) is 0.462. The summed E-state index contributed by atoms with van der Waals surface area (Å²) in [5.41, 5.74) is 0. The Balaban J connectivity index is 2.25. The third-order valence-corrected chi connectivity index (χ3v) is 3.49. The summed E-state index contributed by atoms with van der Waals surface area (Å²) in [4.78, 5) is 11.2. The van der Waals surface area contributed by atoms with Gasteiger partial charge in [-0.25, -0.2) is 0 Å². The number of hydrogen-bond donors (Lipinski definition) is 0. The monoisotopic (exact) mass is 295 g/mol. The summed E-state index contributed by atoms with van der Waals surface area (Å²) >= 11 is 1.31. The molecule has 7 heteroatoms. The van der Waals surface area contributed by atoms with Crippen molar-refractivity contribution in [2.45, 2.75) is 25.5 Å². The Bertz CT molecular complexity index is 563. The summed E-state index contributed by atoms with van der Waals surface area (Å²) in [5, 5.41) is 8.99. The fourth-order valence-corrected chi connectivity index (χ4v) is 2.48. The van der Waals surface area contributed by atoms with Crippen molar-refractivity contribution >= 4 is 17.7 Å². The van der Waals surface area contributed by atoms with E-state index in [9.17, 15) is 4.79 Å². The number of carbonyl (C=O) groups excluding carboxylic acids is 1. The van der Waals surface area contributed by atoms with Crippen molar-refractivity contribution < 1.29 is 13.9 Å². The molecule has 6 nitrogen and oxygen atoms in total. The van der Waals surface area contributed by atoms with Crippen molar-refractivity contribution in [2.24, 2.45) is 5.92 Å². The molecule has 0 amide bonds. The Labute approximate surface area is 121 Å². The van der Waals surface area contributed by atoms with Crippen molar-refractivity contribution in [1.29, 1.82) is 0 Å². The summed E-state index contributed by atoms with van der Waals surface area (Å²) in [6.45, 7) is 4.98. The van der Waals surface area contributed by atoms with Crippen LogP contribution >= 0.6 is 11.8 Å². The maximum absolute atomic E-state index is 11.2. The second-order valence-electron chi connectivity index (χ2n) is 4.65. The number of ether oxygens (including phenoxy) is 1. The molecule has 2 aromatic rings. The van der Waals surface area contributed by atoms with E-state index in [-0.39, 0.29) is 11.7 Å². The lowest BCUT2D eigenvalue weighted by Crippen LogP contribution is -2.09. The van der Waals surface area contributed by atoms with Gasteiger partial charge in [-0.15, -0.1) is 10.2 Å². The number of rotatable bonds is 6. The Morgan fingerprint density at radius 3 is 2.90 bits per heavy atom. The number of carbonyl (C=O) groups is 1. The van der Waals surface area contributed by atoms with E-state index in [0.717, 1.165) is 6.54 Å². The highest BCUT2D eigenvalue weighted by Crippen LogP contribution is 2.25. The molecule has 2 rings (SSSR count). The molecule has 20 heavy (non-hydrogen) atoms. The third-order valence-electron chi connectivity index (χ3n) is 2.55. The van der Waals surface area contributed by atoms with Gasteiger partial charge in [0, 0.05) is 6.54 Å². The minimum Gasteiger partial charge on any atom is -0.468 e. The highest BCUT2D eigenvalue weighted by Gasteiger charge is 2.18. The first kappa shape index (κ1) is 14.6. The van der Waals surface area contributed by atoms with Gasteiger partial charge in [0.15, 0.2) is 16.7 Å². The van der Waals surface area contributed by atoms with Crippen LogP contribution in [0.3, 0.4) is 0 Å². The van der Waals surface area contributed by atoms with E-state index in [4.69, 9.17) is 4.42 Å². The lowest BCUT2D eigenvalue weighted by Gasteiger charge is -2.11. The second-order valence-corrected chi connectivity index (χ2v) is 5.60. The van der Waals surface area contributed by atoms with Crippen LogP contribution in [0.1, 0.15) is 13.8 Å². The van der Waals surface area contributed by atoms with E-state index in [0.29, 0.717) is 22.7 Å². The SMILES string of the molecule is COC(=O)CSc1nnc(-c2ccco2)n1CC(C)C. The van der Waals surface area contributed by atoms with Crippen LogP contribution in [-0.4, -0.2) is 33.6 Å². The molecule has 2 aromatic heterocycles. The number of aromatic nitrogens is 3. The van der Waals surface area contributed by atoms with Crippen molar-refractivity contribution in [2.75, 3.05) is 12.9 Å². The maximum Gasteiger partial charge on any atom is 0.316 e. The van der Waals surface area contributed by atoms with E-state index in [1.807, 2.05) is 16.7 Å². The average molecular weight is 295 g/mol. The van der Waals surface area contributed by atoms with Crippen LogP contribution in [0.25, 0.3) is 11.6 Å². The molecule has 0 unspecified atom stereocenters. The Kier molecular flexibility index (Phi) is 4.84. The molecule has 0 N–H and O–H groups in total. The summed E-state index contributed by atoms with van der Waals surface area (Å²) in [6.07, 6.45) is 1.60. The quantitative estimate of drug-likeness (QED) is 0.602. The molecule has 0 spiro atoms. The number of furan rings is 1. The van der Waals surface area contributed by atoms with Crippen LogP contribution in [0.15, 0.2) is 28.0 Å². The first-order valence-corrected chi connectivity index (χ1v) is 7.27. The van der Waals surface area contributed by atoms with Gasteiger partial charge in [-0.2, -0.15) is 0 Å². The van der Waals surface area contributed by atoms with Gasteiger partial charge in [-0.3, -0.25) is 9.36 Å². The number of hydrogen-bond acceptors (Lipinski definition) is 6. The first-order chi connectivity index (χ1) is 9.61. The second kappa shape index (κ2) is 6.60. The van der Waals surface area contributed by atoms with Crippen molar-refractivity contribution in [1.82, 2.24) is 14.8 Å². The zero-order chi connectivity index (χ0) is 14.5. The van der Waals surface area contributed by atoms with E-state index in [1.54, 1.807) is 6.26 Å². The predicted molar refractivity (Wildman–Crippen MR) is 75.3 cm³/mol. The van der Waals surface area contributed by atoms with Crippen LogP contribution in [0.4, 0.5) is 0 Å². The molecule has 0 radical (unpaired) electrons. The molecular weight excluding hydrogens is 278 g/mol. The largest absolute Gasteiger partial charge is 0.468 e. The van der Waals surface area contributed by atoms with Crippen molar-refractivity contribution in [3.8, 4) is 11.6 Å². The zero-order valence-corrected chi connectivity index (χ0v) is 12.5. The van der Waals surface area contributed by atoms with Gasteiger partial charge in [-0.05, 0) is 18.1 Å². The Morgan fingerprint density at radius 1 is 1.50 bits per heavy atom. The maximum atomic E-state index is 11.2.